The van der Waals surface area contributed by atoms with Crippen LogP contribution in [0.25, 0.3) is 11.3 Å². The predicted octanol–water partition coefficient (Wildman–Crippen LogP) is 3.07. The fourth-order valence-corrected chi connectivity index (χ4v) is 2.57. The van der Waals surface area contributed by atoms with E-state index in [9.17, 15) is 0 Å². The van der Waals surface area contributed by atoms with E-state index in [0.29, 0.717) is 6.54 Å². The first-order chi connectivity index (χ1) is 9.22. The Bertz CT molecular complexity index is 538. The van der Waals surface area contributed by atoms with E-state index in [1.165, 1.54) is 4.90 Å². The second kappa shape index (κ2) is 6.68. The molecule has 0 radical (unpaired) electrons. The Labute approximate surface area is 118 Å². The molecule has 1 heterocycles. The number of nitrogens with zero attached hydrogens (tertiary/aromatic N) is 2. The smallest absolute Gasteiger partial charge is 0.130 e. The molecule has 1 aromatic carbocycles. The zero-order valence-electron chi connectivity index (χ0n) is 11.4. The molecule has 0 spiro atoms. The summed E-state index contributed by atoms with van der Waals surface area (Å²) in [5.41, 5.74) is 8.66. The third-order valence-corrected chi connectivity index (χ3v) is 3.62. The van der Waals surface area contributed by atoms with Crippen molar-refractivity contribution in [1.82, 2.24) is 9.97 Å². The van der Waals surface area contributed by atoms with Gasteiger partial charge in [0.15, 0.2) is 0 Å². The van der Waals surface area contributed by atoms with Gasteiger partial charge in [-0.2, -0.15) is 0 Å². The quantitative estimate of drug-likeness (QED) is 0.851. The number of hydrogen-bond donors (Lipinski definition) is 1. The van der Waals surface area contributed by atoms with Gasteiger partial charge in [0.25, 0.3) is 0 Å². The highest BCUT2D eigenvalue weighted by atomic mass is 32.2. The van der Waals surface area contributed by atoms with Gasteiger partial charge in [0.1, 0.15) is 5.82 Å². The average molecular weight is 273 g/mol. The molecule has 0 saturated heterocycles. The molecule has 0 atom stereocenters. The van der Waals surface area contributed by atoms with Crippen molar-refractivity contribution in [2.75, 3.05) is 12.3 Å². The highest BCUT2D eigenvalue weighted by molar-refractivity contribution is 7.99. The molecule has 0 unspecified atom stereocenters. The fraction of sp³-hybridized carbons (Fsp3) is 0.333. The van der Waals surface area contributed by atoms with E-state index in [0.717, 1.165) is 34.9 Å². The van der Waals surface area contributed by atoms with Crippen LogP contribution in [0.1, 0.15) is 18.4 Å². The highest BCUT2D eigenvalue weighted by Gasteiger charge is 2.04. The first-order valence-corrected chi connectivity index (χ1v) is 7.49. The summed E-state index contributed by atoms with van der Waals surface area (Å²) in [5.74, 6) is 1.91. The number of rotatable bonds is 5. The van der Waals surface area contributed by atoms with Gasteiger partial charge in [-0.05, 0) is 37.4 Å². The molecule has 0 amide bonds. The normalized spacial score (nSPS) is 10.7. The Balaban J connectivity index is 2.29. The molecule has 2 aromatic rings. The fourth-order valence-electron chi connectivity index (χ4n) is 1.91. The zero-order chi connectivity index (χ0) is 13.7. The Morgan fingerprint density at radius 3 is 2.53 bits per heavy atom. The van der Waals surface area contributed by atoms with Crippen LogP contribution in [0.15, 0.2) is 35.2 Å². The molecule has 0 aliphatic rings. The molecular formula is C15H19N3S. The lowest BCUT2D eigenvalue weighted by Gasteiger charge is -2.06. The number of thioether (sulfide) groups is 1. The van der Waals surface area contributed by atoms with Crippen LogP contribution in [-0.2, 0) is 6.42 Å². The largest absolute Gasteiger partial charge is 0.330 e. The Morgan fingerprint density at radius 2 is 1.89 bits per heavy atom. The molecule has 0 aliphatic carbocycles. The Kier molecular flexibility index (Phi) is 4.93. The first kappa shape index (κ1) is 14.0. The van der Waals surface area contributed by atoms with Gasteiger partial charge < -0.3 is 5.73 Å². The molecule has 19 heavy (non-hydrogen) atoms. The van der Waals surface area contributed by atoms with Crippen LogP contribution in [0.4, 0.5) is 0 Å². The van der Waals surface area contributed by atoms with E-state index in [2.05, 4.69) is 41.2 Å². The second-order valence-corrected chi connectivity index (χ2v) is 5.64. The molecule has 100 valence electrons. The van der Waals surface area contributed by atoms with Gasteiger partial charge in [0.05, 0.1) is 5.69 Å². The monoisotopic (exact) mass is 273 g/mol. The lowest BCUT2D eigenvalue weighted by molar-refractivity contribution is 0.858. The van der Waals surface area contributed by atoms with E-state index >= 15 is 0 Å². The number of aryl methyl sites for hydroxylation is 1. The van der Waals surface area contributed by atoms with Crippen molar-refractivity contribution in [3.63, 3.8) is 0 Å². The summed E-state index contributed by atoms with van der Waals surface area (Å²) in [4.78, 5) is 10.3. The van der Waals surface area contributed by atoms with Crippen LogP contribution in [0.5, 0.6) is 0 Å². The molecule has 2 rings (SSSR count). The molecule has 1 aromatic heterocycles. The van der Waals surface area contributed by atoms with Crippen LogP contribution >= 0.6 is 11.8 Å². The molecular weight excluding hydrogens is 254 g/mol. The minimum absolute atomic E-state index is 0.578. The average Bonchev–Trinajstić information content (AvgIpc) is 2.40. The highest BCUT2D eigenvalue weighted by Crippen LogP contribution is 2.23. The molecule has 0 bridgehead atoms. The van der Waals surface area contributed by atoms with Gasteiger partial charge in [-0.25, -0.2) is 9.97 Å². The molecule has 2 N–H and O–H groups in total. The topological polar surface area (TPSA) is 51.8 Å². The maximum absolute atomic E-state index is 5.57. The molecule has 0 saturated carbocycles. The van der Waals surface area contributed by atoms with Crippen LogP contribution in [0, 0.1) is 6.92 Å². The van der Waals surface area contributed by atoms with Crippen LogP contribution < -0.4 is 5.73 Å². The van der Waals surface area contributed by atoms with Crippen molar-refractivity contribution in [2.45, 2.75) is 25.2 Å². The Hall–Kier alpha value is -1.39. The first-order valence-electron chi connectivity index (χ1n) is 6.50. The van der Waals surface area contributed by atoms with Crippen molar-refractivity contribution in [1.29, 1.82) is 0 Å². The second-order valence-electron chi connectivity index (χ2n) is 4.31. The zero-order valence-corrected chi connectivity index (χ0v) is 12.2. The van der Waals surface area contributed by atoms with Crippen LogP contribution in [-0.4, -0.2) is 22.3 Å². The minimum Gasteiger partial charge on any atom is -0.330 e. The summed E-state index contributed by atoms with van der Waals surface area (Å²) in [5, 5.41) is 0. The van der Waals surface area contributed by atoms with Crippen molar-refractivity contribution in [2.24, 2.45) is 5.73 Å². The van der Waals surface area contributed by atoms with Crippen molar-refractivity contribution in [3.05, 3.63) is 41.9 Å². The van der Waals surface area contributed by atoms with Gasteiger partial charge in [-0.1, -0.05) is 19.1 Å². The molecule has 0 aliphatic heterocycles. The number of nitrogens with two attached hydrogens (primary N) is 1. The number of benzene rings is 1. The molecule has 0 fully saturated rings. The van der Waals surface area contributed by atoms with Gasteiger partial charge in [-0.15, -0.1) is 11.8 Å². The Morgan fingerprint density at radius 1 is 1.16 bits per heavy atom. The maximum Gasteiger partial charge on any atom is 0.130 e. The third-order valence-electron chi connectivity index (χ3n) is 2.73. The summed E-state index contributed by atoms with van der Waals surface area (Å²) in [7, 11) is 0. The van der Waals surface area contributed by atoms with Crippen molar-refractivity contribution < 1.29 is 0 Å². The maximum atomic E-state index is 5.57. The van der Waals surface area contributed by atoms with Crippen molar-refractivity contribution >= 4 is 11.8 Å². The minimum atomic E-state index is 0.578. The van der Waals surface area contributed by atoms with Gasteiger partial charge in [0.2, 0.25) is 0 Å². The summed E-state index contributed by atoms with van der Waals surface area (Å²) < 4.78 is 0. The predicted molar refractivity (Wildman–Crippen MR) is 81.4 cm³/mol. The summed E-state index contributed by atoms with van der Waals surface area (Å²) in [6.45, 7) is 4.73. The SMILES string of the molecule is CCSc1ccc(-c2cc(C)nc(CCN)n2)cc1. The van der Waals surface area contributed by atoms with E-state index in [1.807, 2.05) is 24.8 Å². The van der Waals surface area contributed by atoms with E-state index in [4.69, 9.17) is 5.73 Å². The van der Waals surface area contributed by atoms with Gasteiger partial charge >= 0.3 is 0 Å². The standard InChI is InChI=1S/C15H19N3S/c1-3-19-13-6-4-12(5-7-13)14-10-11(2)17-15(18-14)8-9-16/h4-7,10H,3,8-9,16H2,1-2H3. The lowest BCUT2D eigenvalue weighted by Crippen LogP contribution is -2.07. The summed E-state index contributed by atoms with van der Waals surface area (Å²) >= 11 is 1.84. The lowest BCUT2D eigenvalue weighted by atomic mass is 10.1. The molecule has 3 nitrogen and oxygen atoms in total. The van der Waals surface area contributed by atoms with E-state index in [1.54, 1.807) is 0 Å². The van der Waals surface area contributed by atoms with E-state index in [-0.39, 0.29) is 0 Å². The third kappa shape index (κ3) is 3.78. The van der Waals surface area contributed by atoms with E-state index < -0.39 is 0 Å². The van der Waals surface area contributed by atoms with Gasteiger partial charge in [-0.3, -0.25) is 0 Å². The van der Waals surface area contributed by atoms with Gasteiger partial charge in [0, 0.05) is 22.6 Å². The summed E-state index contributed by atoms with van der Waals surface area (Å²) in [6, 6.07) is 10.5. The molecule has 4 heteroatoms. The van der Waals surface area contributed by atoms with Crippen LogP contribution in [0.2, 0.25) is 0 Å². The number of hydrogen-bond acceptors (Lipinski definition) is 4. The van der Waals surface area contributed by atoms with Crippen molar-refractivity contribution in [3.8, 4) is 11.3 Å². The summed E-state index contributed by atoms with van der Waals surface area (Å²) in [6.07, 6.45) is 0.721. The number of aromatic nitrogens is 2. The van der Waals surface area contributed by atoms with Crippen LogP contribution in [0.3, 0.4) is 0 Å².